The van der Waals surface area contributed by atoms with Crippen LogP contribution in [0, 0.1) is 0 Å². The summed E-state index contributed by atoms with van der Waals surface area (Å²) in [6.07, 6.45) is 0.812. The summed E-state index contributed by atoms with van der Waals surface area (Å²) in [5.74, 6) is -0.454. The molecule has 3 rings (SSSR count). The lowest BCUT2D eigenvalue weighted by Gasteiger charge is -2.14. The van der Waals surface area contributed by atoms with Crippen LogP contribution in [0.1, 0.15) is 6.23 Å². The van der Waals surface area contributed by atoms with Gasteiger partial charge < -0.3 is 21.3 Å². The first-order chi connectivity index (χ1) is 9.10. The van der Waals surface area contributed by atoms with E-state index >= 15 is 0 Å². The Balaban J connectivity index is 2.10. The Kier molecular flexibility index (Phi) is 2.57. The average molecular weight is 266 g/mol. The molecule has 1 aliphatic rings. The van der Waals surface area contributed by atoms with Crippen molar-refractivity contribution in [3.63, 3.8) is 0 Å². The highest BCUT2D eigenvalue weighted by atomic mass is 19.1. The fourth-order valence-electron chi connectivity index (χ4n) is 1.95. The first-order valence-corrected chi connectivity index (χ1v) is 5.49. The normalized spacial score (nSPS) is 22.9. The third-order valence-corrected chi connectivity index (χ3v) is 2.78. The number of nitrogens with two attached hydrogens (primary N) is 2. The summed E-state index contributed by atoms with van der Waals surface area (Å²) in [6.45, 7) is -0.310. The zero-order valence-electron chi connectivity index (χ0n) is 9.69. The van der Waals surface area contributed by atoms with E-state index in [0.717, 1.165) is 0 Å². The van der Waals surface area contributed by atoms with Crippen LogP contribution in [0.15, 0.2) is 18.2 Å². The Morgan fingerprint density at radius 3 is 2.89 bits per heavy atom. The number of ether oxygens (including phenoxy) is 1. The maximum Gasteiger partial charge on any atom is 0.224 e. The quantitative estimate of drug-likeness (QED) is 0.683. The molecule has 2 aromatic rings. The van der Waals surface area contributed by atoms with Gasteiger partial charge in [-0.2, -0.15) is 9.97 Å². The van der Waals surface area contributed by atoms with Crippen LogP contribution in [0.4, 0.5) is 16.2 Å². The molecule has 0 aliphatic carbocycles. The van der Waals surface area contributed by atoms with Gasteiger partial charge in [0.25, 0.3) is 0 Å². The molecular formula is C10H11FN6O2. The number of nitrogens with zero attached hydrogens (tertiary/aromatic N) is 4. The highest BCUT2D eigenvalue weighted by Gasteiger charge is 2.30. The number of aliphatic hydroxyl groups excluding tert-OH is 1. The predicted octanol–water partition coefficient (Wildman–Crippen LogP) is -0.266. The molecule has 2 unspecified atom stereocenters. The van der Waals surface area contributed by atoms with E-state index < -0.39 is 18.2 Å². The van der Waals surface area contributed by atoms with Gasteiger partial charge in [0.1, 0.15) is 17.4 Å². The molecule has 19 heavy (non-hydrogen) atoms. The summed E-state index contributed by atoms with van der Waals surface area (Å²) in [4.78, 5) is 11.8. The molecule has 0 aromatic carbocycles. The molecule has 3 heterocycles. The lowest BCUT2D eigenvalue weighted by molar-refractivity contribution is -0.0174. The van der Waals surface area contributed by atoms with Gasteiger partial charge in [0.2, 0.25) is 5.95 Å². The average Bonchev–Trinajstić information content (AvgIpc) is 2.92. The first-order valence-electron chi connectivity index (χ1n) is 5.49. The highest BCUT2D eigenvalue weighted by molar-refractivity contribution is 5.82. The second-order valence-electron chi connectivity index (χ2n) is 4.05. The summed E-state index contributed by atoms with van der Waals surface area (Å²) in [5, 5.41) is 8.97. The lowest BCUT2D eigenvalue weighted by atomic mass is 10.3. The van der Waals surface area contributed by atoms with Crippen LogP contribution >= 0.6 is 0 Å². The molecule has 0 spiro atoms. The van der Waals surface area contributed by atoms with Gasteiger partial charge in [-0.25, -0.2) is 9.37 Å². The van der Waals surface area contributed by atoms with Crippen molar-refractivity contribution in [3.8, 4) is 0 Å². The zero-order chi connectivity index (χ0) is 13.6. The Labute approximate surface area is 106 Å². The Hall–Kier alpha value is -2.26. The van der Waals surface area contributed by atoms with Crippen LogP contribution in [0.25, 0.3) is 11.2 Å². The van der Waals surface area contributed by atoms with Crippen LogP contribution in [-0.4, -0.2) is 37.3 Å². The molecule has 0 radical (unpaired) electrons. The van der Waals surface area contributed by atoms with E-state index in [9.17, 15) is 4.39 Å². The smallest absolute Gasteiger partial charge is 0.224 e. The van der Waals surface area contributed by atoms with Gasteiger partial charge in [-0.1, -0.05) is 0 Å². The molecule has 8 nitrogen and oxygen atoms in total. The number of hydrogen-bond donors (Lipinski definition) is 3. The summed E-state index contributed by atoms with van der Waals surface area (Å²) < 4.78 is 20.5. The van der Waals surface area contributed by atoms with Crippen molar-refractivity contribution >= 4 is 22.9 Å². The Bertz CT molecular complexity index is 669. The molecule has 5 N–H and O–H groups in total. The van der Waals surface area contributed by atoms with Gasteiger partial charge in [-0.15, -0.1) is 0 Å². The van der Waals surface area contributed by atoms with Gasteiger partial charge in [-0.05, 0) is 6.08 Å². The molecule has 2 aromatic heterocycles. The monoisotopic (exact) mass is 266 g/mol. The lowest BCUT2D eigenvalue weighted by Crippen LogP contribution is -2.16. The van der Waals surface area contributed by atoms with Crippen LogP contribution in [0.5, 0.6) is 0 Å². The van der Waals surface area contributed by atoms with E-state index in [4.69, 9.17) is 21.3 Å². The topological polar surface area (TPSA) is 125 Å². The minimum Gasteiger partial charge on any atom is -0.393 e. The number of halogens is 1. The molecule has 100 valence electrons. The van der Waals surface area contributed by atoms with Crippen molar-refractivity contribution in [2.75, 3.05) is 18.1 Å². The van der Waals surface area contributed by atoms with Crippen LogP contribution in [0.2, 0.25) is 0 Å². The predicted molar refractivity (Wildman–Crippen MR) is 64.3 cm³/mol. The van der Waals surface area contributed by atoms with Crippen molar-refractivity contribution in [2.24, 2.45) is 0 Å². The van der Waals surface area contributed by atoms with Crippen LogP contribution in [-0.2, 0) is 4.74 Å². The second-order valence-corrected chi connectivity index (χ2v) is 4.05. The fourth-order valence-corrected chi connectivity index (χ4v) is 1.95. The highest BCUT2D eigenvalue weighted by Crippen LogP contribution is 2.32. The third kappa shape index (κ3) is 1.79. The molecule has 0 fully saturated rings. The van der Waals surface area contributed by atoms with E-state index in [1.54, 1.807) is 0 Å². The van der Waals surface area contributed by atoms with Crippen molar-refractivity contribution in [1.82, 2.24) is 19.5 Å². The Morgan fingerprint density at radius 2 is 2.21 bits per heavy atom. The number of imidazole rings is 1. The SMILES string of the molecule is Nc1nc(N)c2ncn(C3OC(CO)C=C3F)c2n1. The molecule has 9 heteroatoms. The molecule has 2 atom stereocenters. The number of nitrogen functional groups attached to an aromatic ring is 2. The summed E-state index contributed by atoms with van der Waals surface area (Å²) in [5.41, 5.74) is 11.8. The number of aliphatic hydroxyl groups is 1. The van der Waals surface area contributed by atoms with Gasteiger partial charge >= 0.3 is 0 Å². The fraction of sp³-hybridized carbons (Fsp3) is 0.300. The number of fused-ring (bicyclic) bond motifs is 1. The van der Waals surface area contributed by atoms with E-state index in [2.05, 4.69) is 15.0 Å². The summed E-state index contributed by atoms with van der Waals surface area (Å²) >= 11 is 0. The third-order valence-electron chi connectivity index (χ3n) is 2.78. The van der Waals surface area contributed by atoms with E-state index in [-0.39, 0.29) is 24.0 Å². The molecule has 0 saturated heterocycles. The van der Waals surface area contributed by atoms with E-state index in [1.807, 2.05) is 0 Å². The standard InChI is InChI=1S/C10H11FN6O2/c11-5-1-4(2-18)19-9(5)17-3-14-6-7(12)15-10(13)16-8(6)17/h1,3-4,9,18H,2H2,(H4,12,13,15,16). The maximum absolute atomic E-state index is 13.8. The minimum atomic E-state index is -1.03. The minimum absolute atomic E-state index is 0.0344. The number of anilines is 2. The zero-order valence-corrected chi connectivity index (χ0v) is 9.69. The van der Waals surface area contributed by atoms with Crippen molar-refractivity contribution < 1.29 is 14.2 Å². The van der Waals surface area contributed by atoms with E-state index in [0.29, 0.717) is 5.52 Å². The number of aromatic nitrogens is 4. The van der Waals surface area contributed by atoms with E-state index in [1.165, 1.54) is 17.0 Å². The molecule has 1 aliphatic heterocycles. The van der Waals surface area contributed by atoms with Crippen molar-refractivity contribution in [3.05, 3.63) is 18.2 Å². The summed E-state index contributed by atoms with van der Waals surface area (Å²) in [7, 11) is 0. The van der Waals surface area contributed by atoms with Gasteiger partial charge in [-0.3, -0.25) is 4.57 Å². The second kappa shape index (κ2) is 4.14. The number of rotatable bonds is 2. The van der Waals surface area contributed by atoms with Crippen molar-refractivity contribution in [1.29, 1.82) is 0 Å². The number of hydrogen-bond acceptors (Lipinski definition) is 7. The van der Waals surface area contributed by atoms with Crippen LogP contribution < -0.4 is 11.5 Å². The Morgan fingerprint density at radius 1 is 1.42 bits per heavy atom. The van der Waals surface area contributed by atoms with Gasteiger partial charge in [0, 0.05) is 0 Å². The maximum atomic E-state index is 13.8. The molecular weight excluding hydrogens is 255 g/mol. The first kappa shape index (κ1) is 11.8. The largest absolute Gasteiger partial charge is 0.393 e. The van der Waals surface area contributed by atoms with Crippen molar-refractivity contribution in [2.45, 2.75) is 12.3 Å². The van der Waals surface area contributed by atoms with Gasteiger partial charge in [0.15, 0.2) is 17.7 Å². The molecule has 0 saturated carbocycles. The van der Waals surface area contributed by atoms with Crippen LogP contribution in [0.3, 0.4) is 0 Å². The summed E-state index contributed by atoms with van der Waals surface area (Å²) in [6, 6.07) is 0. The molecule has 0 bridgehead atoms. The molecule has 0 amide bonds. The van der Waals surface area contributed by atoms with Gasteiger partial charge in [0.05, 0.1) is 12.9 Å².